The van der Waals surface area contributed by atoms with E-state index < -0.39 is 0 Å². The second-order valence-corrected chi connectivity index (χ2v) is 8.53. The highest BCUT2D eigenvalue weighted by atomic mass is 16.5. The maximum atomic E-state index is 12.7. The van der Waals surface area contributed by atoms with Crippen LogP contribution in [0, 0.1) is 0 Å². The van der Waals surface area contributed by atoms with Gasteiger partial charge in [-0.2, -0.15) is 0 Å². The van der Waals surface area contributed by atoms with Crippen molar-refractivity contribution in [1.29, 1.82) is 0 Å². The molecule has 162 valence electrons. The number of piperazine rings is 1. The van der Waals surface area contributed by atoms with E-state index >= 15 is 0 Å². The summed E-state index contributed by atoms with van der Waals surface area (Å²) in [5.41, 5.74) is 1.31. The number of carbonyl (C=O) groups excluding carboxylic acids is 1. The predicted octanol–water partition coefficient (Wildman–Crippen LogP) is 1.71. The Morgan fingerprint density at radius 1 is 1.10 bits per heavy atom. The van der Waals surface area contributed by atoms with Crippen molar-refractivity contribution in [3.05, 3.63) is 40.2 Å². The molecule has 30 heavy (non-hydrogen) atoms. The van der Waals surface area contributed by atoms with Crippen LogP contribution in [-0.2, 0) is 11.2 Å². The zero-order valence-electron chi connectivity index (χ0n) is 18.0. The van der Waals surface area contributed by atoms with Crippen molar-refractivity contribution in [3.63, 3.8) is 0 Å². The van der Waals surface area contributed by atoms with Gasteiger partial charge in [0.25, 0.3) is 5.56 Å². The Morgan fingerprint density at radius 2 is 1.83 bits per heavy atom. The fraction of sp³-hybridized carbons (Fsp3) is 0.565. The molecule has 0 unspecified atom stereocenters. The van der Waals surface area contributed by atoms with Gasteiger partial charge in [-0.15, -0.1) is 0 Å². The molecule has 1 amide bonds. The normalized spacial score (nSPS) is 19.3. The molecule has 2 aliphatic rings. The number of pyridine rings is 1. The zero-order chi connectivity index (χ0) is 21.1. The Kier molecular flexibility index (Phi) is 6.39. The zero-order valence-corrected chi connectivity index (χ0v) is 18.0. The summed E-state index contributed by atoms with van der Waals surface area (Å²) >= 11 is 0. The van der Waals surface area contributed by atoms with Gasteiger partial charge in [-0.1, -0.05) is 0 Å². The number of benzene rings is 1. The number of aromatic nitrogens is 1. The summed E-state index contributed by atoms with van der Waals surface area (Å²) in [7, 11) is 3.81. The molecule has 2 aliphatic heterocycles. The van der Waals surface area contributed by atoms with Crippen molar-refractivity contribution >= 4 is 16.8 Å². The van der Waals surface area contributed by atoms with E-state index in [0.717, 1.165) is 55.9 Å². The minimum absolute atomic E-state index is 0.118. The third-order valence-electron chi connectivity index (χ3n) is 6.61. The lowest BCUT2D eigenvalue weighted by molar-refractivity contribution is -0.133. The second kappa shape index (κ2) is 9.18. The van der Waals surface area contributed by atoms with Crippen LogP contribution >= 0.6 is 0 Å². The molecule has 0 spiro atoms. The van der Waals surface area contributed by atoms with Gasteiger partial charge in [-0.25, -0.2) is 0 Å². The summed E-state index contributed by atoms with van der Waals surface area (Å²) in [6, 6.07) is 8.11. The number of likely N-dealkylation sites (tertiary alicyclic amines) is 1. The Morgan fingerprint density at radius 3 is 2.53 bits per heavy atom. The first-order valence-corrected chi connectivity index (χ1v) is 10.9. The van der Waals surface area contributed by atoms with Crippen molar-refractivity contribution in [2.75, 3.05) is 53.4 Å². The van der Waals surface area contributed by atoms with Gasteiger partial charge in [-0.05, 0) is 63.7 Å². The van der Waals surface area contributed by atoms with Crippen LogP contribution in [0.1, 0.15) is 24.8 Å². The number of nitrogens with one attached hydrogen (secondary N) is 1. The lowest BCUT2D eigenvalue weighted by atomic mass is 10.0. The third-order valence-corrected chi connectivity index (χ3v) is 6.61. The summed E-state index contributed by atoms with van der Waals surface area (Å²) in [6.45, 7) is 5.81. The quantitative estimate of drug-likeness (QED) is 0.810. The molecule has 1 aromatic heterocycles. The number of H-pyrrole nitrogens is 1. The first-order valence-electron chi connectivity index (χ1n) is 10.9. The van der Waals surface area contributed by atoms with E-state index in [1.54, 1.807) is 7.11 Å². The predicted molar refractivity (Wildman–Crippen MR) is 118 cm³/mol. The van der Waals surface area contributed by atoms with Crippen molar-refractivity contribution < 1.29 is 9.53 Å². The first kappa shape index (κ1) is 20.9. The Labute approximate surface area is 177 Å². The number of carbonyl (C=O) groups is 1. The fourth-order valence-corrected chi connectivity index (χ4v) is 4.64. The lowest BCUT2D eigenvalue weighted by Gasteiger charge is -2.42. The van der Waals surface area contributed by atoms with Gasteiger partial charge in [0, 0.05) is 55.1 Å². The minimum atomic E-state index is -0.118. The van der Waals surface area contributed by atoms with Crippen molar-refractivity contribution in [3.8, 4) is 5.75 Å². The SMILES string of the molecule is COc1ccc2[nH]c(=O)c(CCC(=O)N3CCN(C4CCN(C)CC4)CC3)cc2c1. The number of amides is 1. The minimum Gasteiger partial charge on any atom is -0.497 e. The van der Waals surface area contributed by atoms with Gasteiger partial charge in [0.2, 0.25) is 5.91 Å². The van der Waals surface area contributed by atoms with E-state index in [-0.39, 0.29) is 11.5 Å². The molecule has 0 aliphatic carbocycles. The standard InChI is InChI=1S/C23H32N4O3/c1-25-9-7-19(8-10-25)26-11-13-27(14-12-26)22(28)6-3-17-15-18-16-20(30-2)4-5-21(18)24-23(17)29/h4-5,15-16,19H,3,6-14H2,1-2H3,(H,24,29). The summed E-state index contributed by atoms with van der Waals surface area (Å²) in [5.74, 6) is 0.891. The highest BCUT2D eigenvalue weighted by Crippen LogP contribution is 2.20. The summed E-state index contributed by atoms with van der Waals surface area (Å²) in [4.78, 5) is 35.0. The fourth-order valence-electron chi connectivity index (χ4n) is 4.64. The molecule has 7 heteroatoms. The molecule has 0 bridgehead atoms. The molecule has 1 N–H and O–H groups in total. The highest BCUT2D eigenvalue weighted by molar-refractivity contribution is 5.81. The van der Waals surface area contributed by atoms with Gasteiger partial charge in [0.1, 0.15) is 5.75 Å². The van der Waals surface area contributed by atoms with Gasteiger partial charge in [0.05, 0.1) is 7.11 Å². The Hall–Kier alpha value is -2.38. The van der Waals surface area contributed by atoms with Crippen LogP contribution in [0.4, 0.5) is 0 Å². The topological polar surface area (TPSA) is 68.9 Å². The number of hydrogen-bond donors (Lipinski definition) is 1. The van der Waals surface area contributed by atoms with E-state index in [4.69, 9.17) is 4.74 Å². The van der Waals surface area contributed by atoms with E-state index in [1.165, 1.54) is 12.8 Å². The number of aromatic amines is 1. The number of fused-ring (bicyclic) bond motifs is 1. The number of nitrogens with zero attached hydrogens (tertiary/aromatic N) is 3. The lowest BCUT2D eigenvalue weighted by Crippen LogP contribution is -2.54. The van der Waals surface area contributed by atoms with Crippen LogP contribution in [0.25, 0.3) is 10.9 Å². The van der Waals surface area contributed by atoms with Gasteiger partial charge in [-0.3, -0.25) is 14.5 Å². The number of methoxy groups -OCH3 is 1. The molecule has 7 nitrogen and oxygen atoms in total. The van der Waals surface area contributed by atoms with Crippen LogP contribution in [0.3, 0.4) is 0 Å². The van der Waals surface area contributed by atoms with Crippen LogP contribution in [0.5, 0.6) is 5.75 Å². The summed E-state index contributed by atoms with van der Waals surface area (Å²) < 4.78 is 5.27. The number of rotatable bonds is 5. The number of piperidine rings is 1. The van der Waals surface area contributed by atoms with E-state index in [9.17, 15) is 9.59 Å². The number of ether oxygens (including phenoxy) is 1. The molecular formula is C23H32N4O3. The maximum Gasteiger partial charge on any atom is 0.251 e. The molecule has 3 heterocycles. The van der Waals surface area contributed by atoms with Crippen LogP contribution in [0.15, 0.2) is 29.1 Å². The highest BCUT2D eigenvalue weighted by Gasteiger charge is 2.27. The maximum absolute atomic E-state index is 12.7. The third kappa shape index (κ3) is 4.68. The average Bonchev–Trinajstić information content (AvgIpc) is 2.78. The van der Waals surface area contributed by atoms with Crippen LogP contribution in [0.2, 0.25) is 0 Å². The Balaban J connectivity index is 1.32. The first-order chi connectivity index (χ1) is 14.5. The summed E-state index contributed by atoms with van der Waals surface area (Å²) in [5, 5.41) is 0.920. The van der Waals surface area contributed by atoms with E-state index in [1.807, 2.05) is 29.2 Å². The average molecular weight is 413 g/mol. The molecule has 2 fully saturated rings. The molecule has 0 atom stereocenters. The van der Waals surface area contributed by atoms with Gasteiger partial charge < -0.3 is 19.5 Å². The molecule has 4 rings (SSSR count). The molecule has 0 radical (unpaired) electrons. The summed E-state index contributed by atoms with van der Waals surface area (Å²) in [6.07, 6.45) is 3.27. The van der Waals surface area contributed by atoms with E-state index in [2.05, 4.69) is 21.8 Å². The smallest absolute Gasteiger partial charge is 0.251 e. The second-order valence-electron chi connectivity index (χ2n) is 8.53. The molecule has 0 saturated carbocycles. The molecule has 1 aromatic carbocycles. The van der Waals surface area contributed by atoms with Gasteiger partial charge >= 0.3 is 0 Å². The van der Waals surface area contributed by atoms with Gasteiger partial charge in [0.15, 0.2) is 0 Å². The molecule has 2 saturated heterocycles. The van der Waals surface area contributed by atoms with Crippen molar-refractivity contribution in [2.45, 2.75) is 31.7 Å². The van der Waals surface area contributed by atoms with Crippen LogP contribution < -0.4 is 10.3 Å². The van der Waals surface area contributed by atoms with Crippen molar-refractivity contribution in [2.24, 2.45) is 0 Å². The number of hydrogen-bond acceptors (Lipinski definition) is 5. The molecular weight excluding hydrogens is 380 g/mol. The monoisotopic (exact) mass is 412 g/mol. The van der Waals surface area contributed by atoms with E-state index in [0.29, 0.717) is 24.4 Å². The number of aryl methyl sites for hydroxylation is 1. The van der Waals surface area contributed by atoms with Crippen molar-refractivity contribution in [1.82, 2.24) is 19.7 Å². The largest absolute Gasteiger partial charge is 0.497 e. The van der Waals surface area contributed by atoms with Crippen LogP contribution in [-0.4, -0.2) is 85.1 Å². The molecule has 2 aromatic rings. The Bertz CT molecular complexity index is 941.